The van der Waals surface area contributed by atoms with E-state index >= 15 is 0 Å². The molecule has 0 aliphatic rings. The van der Waals surface area contributed by atoms with E-state index < -0.39 is 18.0 Å². The van der Waals surface area contributed by atoms with Crippen molar-refractivity contribution in [3.8, 4) is 0 Å². The van der Waals surface area contributed by atoms with Gasteiger partial charge in [-0.05, 0) is 13.3 Å². The molecule has 0 heterocycles. The number of hydrogen-bond acceptors (Lipinski definition) is 5. The van der Waals surface area contributed by atoms with Crippen LogP contribution in [0.3, 0.4) is 0 Å². The van der Waals surface area contributed by atoms with E-state index in [9.17, 15) is 9.59 Å². The maximum Gasteiger partial charge on any atom is 0.342 e. The van der Waals surface area contributed by atoms with Crippen molar-refractivity contribution in [2.24, 2.45) is 0 Å². The van der Waals surface area contributed by atoms with Crippen molar-refractivity contribution >= 4 is 11.9 Å². The van der Waals surface area contributed by atoms with Crippen molar-refractivity contribution in [2.45, 2.75) is 32.8 Å². The molecule has 0 saturated carbocycles. The first kappa shape index (κ1) is 14.4. The van der Waals surface area contributed by atoms with Gasteiger partial charge >= 0.3 is 11.9 Å². The van der Waals surface area contributed by atoms with E-state index in [2.05, 4.69) is 4.89 Å². The van der Waals surface area contributed by atoms with E-state index in [1.54, 1.807) is 0 Å². The average Bonchev–Trinajstić information content (AvgIpc) is 2.05. The topological polar surface area (TPSA) is 104 Å². The van der Waals surface area contributed by atoms with Gasteiger partial charge in [0.25, 0.3) is 0 Å². The van der Waals surface area contributed by atoms with E-state index in [4.69, 9.17) is 15.5 Å². The molecule has 3 N–H and O–H groups in total. The lowest BCUT2D eigenvalue weighted by Crippen LogP contribution is -2.13. The van der Waals surface area contributed by atoms with Crippen LogP contribution in [0.15, 0.2) is 0 Å². The molecule has 0 saturated heterocycles. The summed E-state index contributed by atoms with van der Waals surface area (Å²) in [5.74, 6) is -1.75. The van der Waals surface area contributed by atoms with Gasteiger partial charge in [0.05, 0.1) is 0 Å². The molecule has 0 amide bonds. The SMILES string of the molecule is CC(O)C(=O)O.CCCC(=O)OO. The number of carboxylic acids is 1. The Morgan fingerprint density at radius 2 is 1.85 bits per heavy atom. The zero-order valence-corrected chi connectivity index (χ0v) is 7.56. The van der Waals surface area contributed by atoms with Crippen LogP contribution in [0.25, 0.3) is 0 Å². The van der Waals surface area contributed by atoms with Crippen LogP contribution in [0.2, 0.25) is 0 Å². The van der Waals surface area contributed by atoms with Gasteiger partial charge in [0.2, 0.25) is 0 Å². The van der Waals surface area contributed by atoms with Gasteiger partial charge in [-0.2, -0.15) is 5.26 Å². The smallest absolute Gasteiger partial charge is 0.342 e. The third-order valence-electron chi connectivity index (χ3n) is 0.913. The maximum atomic E-state index is 9.94. The summed E-state index contributed by atoms with van der Waals surface area (Å²) in [6.07, 6.45) is -0.236. The highest BCUT2D eigenvalue weighted by Gasteiger charge is 2.01. The number of aliphatic carboxylic acids is 1. The molecule has 0 spiro atoms. The molecule has 0 aromatic rings. The van der Waals surface area contributed by atoms with Crippen LogP contribution in [0.4, 0.5) is 0 Å². The van der Waals surface area contributed by atoms with Gasteiger partial charge in [-0.25, -0.2) is 9.59 Å². The molecular formula is C7H14O6. The average molecular weight is 194 g/mol. The van der Waals surface area contributed by atoms with E-state index in [-0.39, 0.29) is 6.42 Å². The second-order valence-corrected chi connectivity index (χ2v) is 2.23. The Kier molecular flexibility index (Phi) is 9.91. The second-order valence-electron chi connectivity index (χ2n) is 2.23. The summed E-state index contributed by atoms with van der Waals surface area (Å²) in [5.41, 5.74) is 0. The van der Waals surface area contributed by atoms with Crippen LogP contribution < -0.4 is 0 Å². The lowest BCUT2D eigenvalue weighted by molar-refractivity contribution is -0.234. The highest BCUT2D eigenvalue weighted by atomic mass is 17.1. The first-order valence-electron chi connectivity index (χ1n) is 3.70. The normalized spacial score (nSPS) is 10.8. The minimum Gasteiger partial charge on any atom is -0.479 e. The number of rotatable bonds is 3. The van der Waals surface area contributed by atoms with Crippen LogP contribution in [-0.4, -0.2) is 33.5 Å². The van der Waals surface area contributed by atoms with Gasteiger partial charge in [-0.1, -0.05) is 6.92 Å². The van der Waals surface area contributed by atoms with E-state index in [0.29, 0.717) is 6.42 Å². The van der Waals surface area contributed by atoms with Crippen molar-refractivity contribution in [1.29, 1.82) is 0 Å². The molecule has 1 unspecified atom stereocenters. The molecule has 0 aromatic carbocycles. The zero-order chi connectivity index (χ0) is 10.9. The number of carbonyl (C=O) groups is 2. The van der Waals surface area contributed by atoms with Gasteiger partial charge in [0, 0.05) is 6.42 Å². The quantitative estimate of drug-likeness (QED) is 0.439. The number of aliphatic hydroxyl groups excluding tert-OH is 1. The first-order chi connectivity index (χ1) is 5.95. The Morgan fingerprint density at radius 1 is 1.46 bits per heavy atom. The fraction of sp³-hybridized carbons (Fsp3) is 0.714. The summed E-state index contributed by atoms with van der Waals surface area (Å²) in [6, 6.07) is 0. The summed E-state index contributed by atoms with van der Waals surface area (Å²) < 4.78 is 0. The Hall–Kier alpha value is -1.14. The Bertz CT molecular complexity index is 153. The Morgan fingerprint density at radius 3 is 1.92 bits per heavy atom. The van der Waals surface area contributed by atoms with E-state index in [1.165, 1.54) is 6.92 Å². The van der Waals surface area contributed by atoms with Crippen LogP contribution >= 0.6 is 0 Å². The minimum absolute atomic E-state index is 0.288. The molecule has 0 bridgehead atoms. The van der Waals surface area contributed by atoms with Crippen molar-refractivity contribution < 1.29 is 29.9 Å². The predicted molar refractivity (Wildman–Crippen MR) is 42.9 cm³/mol. The van der Waals surface area contributed by atoms with Crippen molar-refractivity contribution in [2.75, 3.05) is 0 Å². The van der Waals surface area contributed by atoms with E-state index in [1.807, 2.05) is 6.92 Å². The fourth-order valence-corrected chi connectivity index (χ4v) is 0.250. The molecular weight excluding hydrogens is 180 g/mol. The molecule has 0 radical (unpaired) electrons. The van der Waals surface area contributed by atoms with Gasteiger partial charge in [-0.15, -0.1) is 0 Å². The Balaban J connectivity index is 0. The fourth-order valence-electron chi connectivity index (χ4n) is 0.250. The van der Waals surface area contributed by atoms with Gasteiger partial charge in [-0.3, -0.25) is 0 Å². The first-order valence-corrected chi connectivity index (χ1v) is 3.70. The lowest BCUT2D eigenvalue weighted by Gasteiger charge is -1.89. The summed E-state index contributed by atoms with van der Waals surface area (Å²) in [7, 11) is 0. The highest BCUT2D eigenvalue weighted by molar-refractivity contribution is 5.71. The van der Waals surface area contributed by atoms with Crippen molar-refractivity contribution in [1.82, 2.24) is 0 Å². The number of aliphatic hydroxyl groups is 1. The summed E-state index contributed by atoms with van der Waals surface area (Å²) in [6.45, 7) is 3.03. The summed E-state index contributed by atoms with van der Waals surface area (Å²) in [4.78, 5) is 22.7. The molecule has 0 aliphatic carbocycles. The molecule has 0 fully saturated rings. The molecule has 13 heavy (non-hydrogen) atoms. The molecule has 0 aromatic heterocycles. The van der Waals surface area contributed by atoms with Gasteiger partial charge in [0.15, 0.2) is 0 Å². The van der Waals surface area contributed by atoms with Crippen LogP contribution in [-0.2, 0) is 14.5 Å². The molecule has 0 rings (SSSR count). The number of carbonyl (C=O) groups excluding carboxylic acids is 1. The highest BCUT2D eigenvalue weighted by Crippen LogP contribution is 1.86. The largest absolute Gasteiger partial charge is 0.479 e. The lowest BCUT2D eigenvalue weighted by atomic mass is 10.3. The van der Waals surface area contributed by atoms with Gasteiger partial charge in [0.1, 0.15) is 6.10 Å². The predicted octanol–water partition coefficient (Wildman–Crippen LogP) is 0.254. The number of hydrogen-bond donors (Lipinski definition) is 3. The zero-order valence-electron chi connectivity index (χ0n) is 7.56. The van der Waals surface area contributed by atoms with Gasteiger partial charge < -0.3 is 15.1 Å². The van der Waals surface area contributed by atoms with Crippen molar-refractivity contribution in [3.05, 3.63) is 0 Å². The third-order valence-corrected chi connectivity index (χ3v) is 0.913. The molecule has 0 aliphatic heterocycles. The van der Waals surface area contributed by atoms with Crippen LogP contribution in [0.1, 0.15) is 26.7 Å². The maximum absolute atomic E-state index is 9.94. The standard InChI is InChI=1S/C4H8O3.C3H6O3/c1-2-3-4(5)7-6;1-2(4)3(5)6/h6H,2-3H2,1H3;2,4H,1H3,(H,5,6). The molecule has 78 valence electrons. The molecule has 1 atom stereocenters. The Labute approximate surface area is 75.7 Å². The summed E-state index contributed by atoms with van der Waals surface area (Å²) >= 11 is 0. The minimum atomic E-state index is -1.23. The number of carboxylic acid groups (broad SMARTS) is 1. The molecule has 6 heteroatoms. The third kappa shape index (κ3) is 13.8. The van der Waals surface area contributed by atoms with Crippen LogP contribution in [0, 0.1) is 0 Å². The summed E-state index contributed by atoms with van der Waals surface area (Å²) in [5, 5.41) is 23.4. The van der Waals surface area contributed by atoms with Crippen LogP contribution in [0.5, 0.6) is 0 Å². The van der Waals surface area contributed by atoms with E-state index in [0.717, 1.165) is 0 Å². The second kappa shape index (κ2) is 8.95. The van der Waals surface area contributed by atoms with Crippen molar-refractivity contribution in [3.63, 3.8) is 0 Å². The monoisotopic (exact) mass is 194 g/mol. The molecule has 6 nitrogen and oxygen atoms in total.